The third-order valence-corrected chi connectivity index (χ3v) is 2.89. The van der Waals surface area contributed by atoms with E-state index in [1.807, 2.05) is 6.92 Å². The summed E-state index contributed by atoms with van der Waals surface area (Å²) in [5.74, 6) is -2.82. The van der Waals surface area contributed by atoms with Gasteiger partial charge >= 0.3 is 5.69 Å². The number of carbonyl (C=O) groups is 1. The van der Waals surface area contributed by atoms with E-state index in [4.69, 9.17) is 11.6 Å². The Kier molecular flexibility index (Phi) is 5.82. The molecule has 0 aliphatic rings. The Morgan fingerprint density at radius 2 is 2.15 bits per heavy atom. The summed E-state index contributed by atoms with van der Waals surface area (Å²) in [6.07, 6.45) is 0.646. The second-order valence-corrected chi connectivity index (χ2v) is 4.71. The number of amides is 1. The number of nitro groups is 1. The SMILES string of the molecule is CC(CCCl)CNC(=O)c1cc(F)cc([N+](=O)[O-])c1F. The maximum absolute atomic E-state index is 13.7. The quantitative estimate of drug-likeness (QED) is 0.499. The molecule has 1 rings (SSSR count). The first-order chi connectivity index (χ1) is 9.36. The third-order valence-electron chi connectivity index (χ3n) is 2.67. The minimum absolute atomic E-state index is 0.0584. The highest BCUT2D eigenvalue weighted by atomic mass is 35.5. The minimum Gasteiger partial charge on any atom is -0.352 e. The highest BCUT2D eigenvalue weighted by Crippen LogP contribution is 2.22. The number of carbonyl (C=O) groups excluding carboxylic acids is 1. The van der Waals surface area contributed by atoms with Crippen LogP contribution < -0.4 is 5.32 Å². The van der Waals surface area contributed by atoms with Crippen LogP contribution in [0.4, 0.5) is 14.5 Å². The number of hydrogen-bond donors (Lipinski definition) is 1. The zero-order chi connectivity index (χ0) is 15.3. The summed E-state index contributed by atoms with van der Waals surface area (Å²) in [4.78, 5) is 21.2. The van der Waals surface area contributed by atoms with E-state index >= 15 is 0 Å². The molecule has 0 fully saturated rings. The molecule has 5 nitrogen and oxygen atoms in total. The number of hydrogen-bond acceptors (Lipinski definition) is 3. The van der Waals surface area contributed by atoms with E-state index < -0.39 is 33.7 Å². The molecule has 0 aliphatic heterocycles. The number of nitrogens with one attached hydrogen (secondary N) is 1. The Labute approximate surface area is 119 Å². The van der Waals surface area contributed by atoms with Crippen LogP contribution in [-0.2, 0) is 0 Å². The summed E-state index contributed by atoms with van der Waals surface area (Å²) in [5.41, 5.74) is -1.75. The third kappa shape index (κ3) is 4.12. The first-order valence-electron chi connectivity index (χ1n) is 5.84. The van der Waals surface area contributed by atoms with Gasteiger partial charge < -0.3 is 5.32 Å². The lowest BCUT2D eigenvalue weighted by molar-refractivity contribution is -0.387. The van der Waals surface area contributed by atoms with E-state index in [2.05, 4.69) is 5.32 Å². The molecule has 0 heterocycles. The van der Waals surface area contributed by atoms with Gasteiger partial charge in [-0.2, -0.15) is 4.39 Å². The van der Waals surface area contributed by atoms with Gasteiger partial charge in [0.2, 0.25) is 5.82 Å². The molecular formula is C12H13ClF2N2O3. The zero-order valence-electron chi connectivity index (χ0n) is 10.7. The number of nitro benzene ring substituents is 1. The molecule has 0 spiro atoms. The van der Waals surface area contributed by atoms with Crippen molar-refractivity contribution in [2.75, 3.05) is 12.4 Å². The van der Waals surface area contributed by atoms with Crippen LogP contribution in [0.3, 0.4) is 0 Å². The van der Waals surface area contributed by atoms with E-state index in [1.54, 1.807) is 0 Å². The van der Waals surface area contributed by atoms with Crippen molar-refractivity contribution in [3.8, 4) is 0 Å². The molecule has 1 atom stereocenters. The molecule has 0 saturated carbocycles. The standard InChI is InChI=1S/C12H13ClF2N2O3/c1-7(2-3-13)6-16-12(18)9-4-8(14)5-10(11(9)15)17(19)20/h4-5,7H,2-3,6H2,1H3,(H,16,18). The normalized spacial score (nSPS) is 12.0. The topological polar surface area (TPSA) is 72.2 Å². The minimum atomic E-state index is -1.35. The second-order valence-electron chi connectivity index (χ2n) is 4.34. The average Bonchev–Trinajstić information content (AvgIpc) is 2.38. The molecule has 1 amide bonds. The lowest BCUT2D eigenvalue weighted by Gasteiger charge is -2.11. The van der Waals surface area contributed by atoms with Crippen molar-refractivity contribution in [1.29, 1.82) is 0 Å². The van der Waals surface area contributed by atoms with Crippen LogP contribution >= 0.6 is 11.6 Å². The molecule has 1 unspecified atom stereocenters. The Balaban J connectivity index is 2.90. The smallest absolute Gasteiger partial charge is 0.308 e. The fourth-order valence-electron chi connectivity index (χ4n) is 1.52. The van der Waals surface area contributed by atoms with Gasteiger partial charge in [0, 0.05) is 12.4 Å². The van der Waals surface area contributed by atoms with E-state index in [9.17, 15) is 23.7 Å². The molecule has 8 heteroatoms. The predicted octanol–water partition coefficient (Wildman–Crippen LogP) is 2.87. The monoisotopic (exact) mass is 306 g/mol. The molecule has 0 aromatic heterocycles. The van der Waals surface area contributed by atoms with E-state index in [1.165, 1.54) is 0 Å². The lowest BCUT2D eigenvalue weighted by atomic mass is 10.1. The fourth-order valence-corrected chi connectivity index (χ4v) is 1.90. The number of nitrogens with zero attached hydrogens (tertiary/aromatic N) is 1. The Morgan fingerprint density at radius 1 is 1.50 bits per heavy atom. The first kappa shape index (κ1) is 16.3. The van der Waals surface area contributed by atoms with Crippen molar-refractivity contribution in [2.24, 2.45) is 5.92 Å². The van der Waals surface area contributed by atoms with Crippen molar-refractivity contribution in [3.05, 3.63) is 39.4 Å². The van der Waals surface area contributed by atoms with Gasteiger partial charge in [0.15, 0.2) is 0 Å². The van der Waals surface area contributed by atoms with Crippen LogP contribution in [0.1, 0.15) is 23.7 Å². The summed E-state index contributed by atoms with van der Waals surface area (Å²) in [6.45, 7) is 2.04. The molecule has 110 valence electrons. The maximum Gasteiger partial charge on any atom is 0.308 e. The number of halogens is 3. The van der Waals surface area contributed by atoms with E-state index in [-0.39, 0.29) is 12.5 Å². The molecule has 1 aromatic carbocycles. The van der Waals surface area contributed by atoms with Crippen LogP contribution in [0.15, 0.2) is 12.1 Å². The average molecular weight is 307 g/mol. The van der Waals surface area contributed by atoms with Gasteiger partial charge in [-0.15, -0.1) is 11.6 Å². The largest absolute Gasteiger partial charge is 0.352 e. The number of rotatable bonds is 6. The molecule has 1 aromatic rings. The van der Waals surface area contributed by atoms with Gasteiger partial charge in [-0.3, -0.25) is 14.9 Å². The van der Waals surface area contributed by atoms with Gasteiger partial charge in [0.25, 0.3) is 5.91 Å². The lowest BCUT2D eigenvalue weighted by Crippen LogP contribution is -2.29. The van der Waals surface area contributed by atoms with E-state index in [0.717, 1.165) is 0 Å². The molecule has 0 bridgehead atoms. The molecule has 0 saturated heterocycles. The molecule has 0 aliphatic carbocycles. The first-order valence-corrected chi connectivity index (χ1v) is 6.37. The molecule has 0 radical (unpaired) electrons. The molecular weight excluding hydrogens is 294 g/mol. The van der Waals surface area contributed by atoms with Gasteiger partial charge in [0.05, 0.1) is 16.6 Å². The highest BCUT2D eigenvalue weighted by molar-refractivity contribution is 6.17. The predicted molar refractivity (Wildman–Crippen MR) is 69.8 cm³/mol. The summed E-state index contributed by atoms with van der Waals surface area (Å²) >= 11 is 5.53. The van der Waals surface area contributed by atoms with Gasteiger partial charge in [-0.05, 0) is 18.4 Å². The van der Waals surface area contributed by atoms with Crippen molar-refractivity contribution >= 4 is 23.2 Å². The number of alkyl halides is 1. The Morgan fingerprint density at radius 3 is 2.70 bits per heavy atom. The van der Waals surface area contributed by atoms with Gasteiger partial charge in [0.1, 0.15) is 5.82 Å². The molecule has 20 heavy (non-hydrogen) atoms. The summed E-state index contributed by atoms with van der Waals surface area (Å²) < 4.78 is 26.9. The van der Waals surface area contributed by atoms with Gasteiger partial charge in [-0.25, -0.2) is 4.39 Å². The Hall–Kier alpha value is -1.76. The van der Waals surface area contributed by atoms with Gasteiger partial charge in [-0.1, -0.05) is 6.92 Å². The highest BCUT2D eigenvalue weighted by Gasteiger charge is 2.24. The maximum atomic E-state index is 13.7. The van der Waals surface area contributed by atoms with Crippen LogP contribution in [-0.4, -0.2) is 23.3 Å². The van der Waals surface area contributed by atoms with Crippen LogP contribution in [0.25, 0.3) is 0 Å². The Bertz CT molecular complexity index is 526. The number of benzene rings is 1. The summed E-state index contributed by atoms with van der Waals surface area (Å²) in [7, 11) is 0. The van der Waals surface area contributed by atoms with Crippen LogP contribution in [0.5, 0.6) is 0 Å². The van der Waals surface area contributed by atoms with Crippen molar-refractivity contribution in [2.45, 2.75) is 13.3 Å². The van der Waals surface area contributed by atoms with Crippen molar-refractivity contribution in [1.82, 2.24) is 5.32 Å². The second kappa shape index (κ2) is 7.14. The van der Waals surface area contributed by atoms with Crippen molar-refractivity contribution < 1.29 is 18.5 Å². The zero-order valence-corrected chi connectivity index (χ0v) is 11.4. The van der Waals surface area contributed by atoms with Crippen LogP contribution in [0, 0.1) is 27.7 Å². The summed E-state index contributed by atoms with van der Waals surface area (Å²) in [5, 5.41) is 12.9. The summed E-state index contributed by atoms with van der Waals surface area (Å²) in [6, 6.07) is 1.06. The van der Waals surface area contributed by atoms with Crippen LogP contribution in [0.2, 0.25) is 0 Å². The molecule has 1 N–H and O–H groups in total. The van der Waals surface area contributed by atoms with Crippen molar-refractivity contribution in [3.63, 3.8) is 0 Å². The fraction of sp³-hybridized carbons (Fsp3) is 0.417. The van der Waals surface area contributed by atoms with E-state index in [0.29, 0.717) is 24.4 Å².